The van der Waals surface area contributed by atoms with E-state index in [1.807, 2.05) is 18.2 Å². The number of hydrogen-bond donors (Lipinski definition) is 0. The molecule has 31 heavy (non-hydrogen) atoms. The smallest absolute Gasteiger partial charge is 0.232 e. The van der Waals surface area contributed by atoms with Crippen molar-refractivity contribution in [2.45, 2.75) is 39.0 Å². The summed E-state index contributed by atoms with van der Waals surface area (Å²) in [6.45, 7) is 4.11. The molecule has 0 aromatic heterocycles. The highest BCUT2D eigenvalue weighted by Gasteiger charge is 2.44. The molecule has 1 heterocycles. The highest BCUT2D eigenvalue weighted by molar-refractivity contribution is 6.08. The molecule has 3 aromatic carbocycles. The number of allylic oxidation sites excluding steroid dienone is 2. The number of amides is 1. The molecule has 1 aliphatic carbocycles. The van der Waals surface area contributed by atoms with Crippen molar-refractivity contribution in [3.05, 3.63) is 89.4 Å². The average Bonchev–Trinajstić information content (AvgIpc) is 2.73. The average molecular weight is 413 g/mol. The Morgan fingerprint density at radius 1 is 0.903 bits per heavy atom. The number of carbonyl (C=O) groups excluding carboxylic acids is 2. The third-order valence-electron chi connectivity index (χ3n) is 6.40. The largest absolute Gasteiger partial charge is 0.294 e. The molecule has 0 saturated heterocycles. The van der Waals surface area contributed by atoms with Gasteiger partial charge in [-0.05, 0) is 52.4 Å². The number of Topliss-reactive ketones (excluding diaryl/α,β-unsaturated/α-hetero) is 1. The van der Waals surface area contributed by atoms with Crippen molar-refractivity contribution in [2.24, 2.45) is 5.41 Å². The van der Waals surface area contributed by atoms with Crippen LogP contribution < -0.4 is 4.90 Å². The Morgan fingerprint density at radius 3 is 2.35 bits per heavy atom. The van der Waals surface area contributed by atoms with E-state index in [9.17, 15) is 14.0 Å². The third kappa shape index (κ3) is 3.46. The van der Waals surface area contributed by atoms with Crippen LogP contribution in [0, 0.1) is 11.2 Å². The molecular formula is C27H24FNO2. The number of halogens is 1. The molecule has 156 valence electrons. The molecular weight excluding hydrogens is 389 g/mol. The molecule has 0 saturated carbocycles. The lowest BCUT2D eigenvalue weighted by Crippen LogP contribution is -2.43. The quantitative estimate of drug-likeness (QED) is 0.506. The fraction of sp³-hybridized carbons (Fsp3) is 0.259. The van der Waals surface area contributed by atoms with Crippen LogP contribution in [0.5, 0.6) is 0 Å². The summed E-state index contributed by atoms with van der Waals surface area (Å²) >= 11 is 0. The molecule has 0 fully saturated rings. The summed E-state index contributed by atoms with van der Waals surface area (Å²) < 4.78 is 13.5. The van der Waals surface area contributed by atoms with Gasteiger partial charge in [0.1, 0.15) is 5.82 Å². The van der Waals surface area contributed by atoms with Gasteiger partial charge in [-0.15, -0.1) is 0 Å². The van der Waals surface area contributed by atoms with Crippen LogP contribution in [-0.4, -0.2) is 11.7 Å². The Labute approximate surface area is 181 Å². The predicted molar refractivity (Wildman–Crippen MR) is 120 cm³/mol. The molecule has 0 radical (unpaired) electrons. The van der Waals surface area contributed by atoms with Crippen molar-refractivity contribution in [1.29, 1.82) is 0 Å². The van der Waals surface area contributed by atoms with Crippen LogP contribution in [0.4, 0.5) is 10.1 Å². The number of nitrogens with zero attached hydrogens (tertiary/aromatic N) is 1. The van der Waals surface area contributed by atoms with Crippen LogP contribution in [0.1, 0.15) is 44.6 Å². The Kier molecular flexibility index (Phi) is 4.54. The van der Waals surface area contributed by atoms with Crippen LogP contribution in [0.25, 0.3) is 10.8 Å². The molecule has 0 spiro atoms. The first-order valence-corrected chi connectivity index (χ1v) is 10.7. The first-order chi connectivity index (χ1) is 14.8. The maximum Gasteiger partial charge on any atom is 0.232 e. The lowest BCUT2D eigenvalue weighted by Gasteiger charge is -2.43. The van der Waals surface area contributed by atoms with Gasteiger partial charge in [-0.25, -0.2) is 4.39 Å². The van der Waals surface area contributed by atoms with E-state index >= 15 is 0 Å². The van der Waals surface area contributed by atoms with Gasteiger partial charge < -0.3 is 0 Å². The van der Waals surface area contributed by atoms with E-state index in [0.717, 1.165) is 27.6 Å². The minimum absolute atomic E-state index is 0.0611. The summed E-state index contributed by atoms with van der Waals surface area (Å²) in [5.74, 6) is -0.568. The van der Waals surface area contributed by atoms with Crippen LogP contribution in [0.2, 0.25) is 0 Å². The van der Waals surface area contributed by atoms with E-state index in [1.165, 1.54) is 12.1 Å². The minimum atomic E-state index is -0.350. The third-order valence-corrected chi connectivity index (χ3v) is 6.40. The zero-order valence-corrected chi connectivity index (χ0v) is 17.7. The first-order valence-electron chi connectivity index (χ1n) is 10.7. The van der Waals surface area contributed by atoms with Gasteiger partial charge in [-0.1, -0.05) is 56.3 Å². The van der Waals surface area contributed by atoms with E-state index in [2.05, 4.69) is 38.1 Å². The van der Waals surface area contributed by atoms with E-state index < -0.39 is 0 Å². The van der Waals surface area contributed by atoms with Crippen molar-refractivity contribution < 1.29 is 14.0 Å². The number of carbonyl (C=O) groups is 2. The Hall–Kier alpha value is -3.27. The lowest BCUT2D eigenvalue weighted by atomic mass is 9.69. The van der Waals surface area contributed by atoms with E-state index in [-0.39, 0.29) is 35.3 Å². The Balaban J connectivity index is 1.68. The first kappa shape index (κ1) is 19.7. The molecule has 1 aliphatic heterocycles. The fourth-order valence-electron chi connectivity index (χ4n) is 5.01. The van der Waals surface area contributed by atoms with Gasteiger partial charge in [0.05, 0.1) is 0 Å². The minimum Gasteiger partial charge on any atom is -0.294 e. The number of hydrogen-bond acceptors (Lipinski definition) is 2. The topological polar surface area (TPSA) is 37.4 Å². The number of rotatable bonds is 2. The molecule has 1 unspecified atom stereocenters. The lowest BCUT2D eigenvalue weighted by molar-refractivity contribution is -0.121. The van der Waals surface area contributed by atoms with E-state index in [1.54, 1.807) is 17.0 Å². The molecule has 0 bridgehead atoms. The van der Waals surface area contributed by atoms with Crippen molar-refractivity contribution in [3.63, 3.8) is 0 Å². The second-order valence-corrected chi connectivity index (χ2v) is 9.37. The summed E-state index contributed by atoms with van der Waals surface area (Å²) in [5.41, 5.74) is 2.87. The second kappa shape index (κ2) is 7.16. The van der Waals surface area contributed by atoms with Gasteiger partial charge in [0.25, 0.3) is 0 Å². The van der Waals surface area contributed by atoms with Crippen molar-refractivity contribution in [3.8, 4) is 0 Å². The Morgan fingerprint density at radius 2 is 1.61 bits per heavy atom. The maximum atomic E-state index is 13.5. The summed E-state index contributed by atoms with van der Waals surface area (Å²) in [5, 5.41) is 2.23. The summed E-state index contributed by atoms with van der Waals surface area (Å²) in [4.78, 5) is 28.4. The van der Waals surface area contributed by atoms with Crippen molar-refractivity contribution >= 4 is 28.2 Å². The standard InChI is InChI=1S/C27H24FNO2/c1-27(2)15-23-26(24(30)16-27)22(19-8-7-17-5-3-4-6-18(17)13-19)14-25(31)29(23)21-11-9-20(28)10-12-21/h3-13,22H,14-16H2,1-2H3. The molecule has 3 nitrogen and oxygen atoms in total. The van der Waals surface area contributed by atoms with Crippen molar-refractivity contribution in [1.82, 2.24) is 0 Å². The zero-order valence-electron chi connectivity index (χ0n) is 17.7. The van der Waals surface area contributed by atoms with Crippen molar-refractivity contribution in [2.75, 3.05) is 4.90 Å². The van der Waals surface area contributed by atoms with Gasteiger partial charge in [0.15, 0.2) is 5.78 Å². The molecule has 2 aliphatic rings. The van der Waals surface area contributed by atoms with Gasteiger partial charge in [-0.3, -0.25) is 14.5 Å². The van der Waals surface area contributed by atoms with Gasteiger partial charge in [-0.2, -0.15) is 0 Å². The van der Waals surface area contributed by atoms with Crippen LogP contribution in [-0.2, 0) is 9.59 Å². The van der Waals surface area contributed by atoms with Gasteiger partial charge in [0, 0.05) is 35.7 Å². The van der Waals surface area contributed by atoms with Crippen LogP contribution in [0.3, 0.4) is 0 Å². The molecule has 5 rings (SSSR count). The summed E-state index contributed by atoms with van der Waals surface area (Å²) in [6, 6.07) is 20.2. The zero-order chi connectivity index (χ0) is 21.8. The number of benzene rings is 3. The maximum absolute atomic E-state index is 13.5. The number of ketones is 1. The molecule has 3 aromatic rings. The van der Waals surface area contributed by atoms with Crippen LogP contribution in [0.15, 0.2) is 78.0 Å². The van der Waals surface area contributed by atoms with Crippen LogP contribution >= 0.6 is 0 Å². The summed E-state index contributed by atoms with van der Waals surface area (Å²) in [7, 11) is 0. The highest BCUT2D eigenvalue weighted by Crippen LogP contribution is 2.48. The predicted octanol–water partition coefficient (Wildman–Crippen LogP) is 6.14. The van der Waals surface area contributed by atoms with E-state index in [4.69, 9.17) is 0 Å². The van der Waals surface area contributed by atoms with E-state index in [0.29, 0.717) is 18.5 Å². The fourth-order valence-corrected chi connectivity index (χ4v) is 5.01. The number of fused-ring (bicyclic) bond motifs is 1. The van der Waals surface area contributed by atoms with Gasteiger partial charge >= 0.3 is 0 Å². The number of anilines is 1. The molecule has 0 N–H and O–H groups in total. The van der Waals surface area contributed by atoms with Gasteiger partial charge in [0.2, 0.25) is 5.91 Å². The summed E-state index contributed by atoms with van der Waals surface area (Å²) in [6.07, 6.45) is 1.31. The normalized spacial score (nSPS) is 20.9. The molecule has 1 amide bonds. The highest BCUT2D eigenvalue weighted by atomic mass is 19.1. The molecule has 1 atom stereocenters. The monoisotopic (exact) mass is 413 g/mol. The molecule has 4 heteroatoms. The SMILES string of the molecule is CC1(C)CC(=O)C2=C(C1)N(c1ccc(F)cc1)C(=O)CC2c1ccc2ccccc2c1. The Bertz CT molecular complexity index is 1240. The second-order valence-electron chi connectivity index (χ2n) is 9.37.